The molecule has 0 bridgehead atoms. The monoisotopic (exact) mass is 368 g/mol. The highest BCUT2D eigenvalue weighted by molar-refractivity contribution is 7.88. The molecular formula is C15H20N4O3S2. The predicted octanol–water partition coefficient (Wildman–Crippen LogP) is 1.47. The molecular weight excluding hydrogens is 348 g/mol. The summed E-state index contributed by atoms with van der Waals surface area (Å²) < 4.78 is 29.5. The molecule has 0 fully saturated rings. The van der Waals surface area contributed by atoms with Crippen LogP contribution in [0.5, 0.6) is 0 Å². The van der Waals surface area contributed by atoms with Gasteiger partial charge in [0.2, 0.25) is 10.0 Å². The number of sulfonamides is 1. The quantitative estimate of drug-likeness (QED) is 0.687. The summed E-state index contributed by atoms with van der Waals surface area (Å²) in [7, 11) is -0.145. The molecule has 2 aromatic rings. The van der Waals surface area contributed by atoms with Crippen molar-refractivity contribution in [3.05, 3.63) is 46.6 Å². The predicted molar refractivity (Wildman–Crippen MR) is 95.7 cm³/mol. The molecule has 0 radical (unpaired) electrons. The third-order valence-electron chi connectivity index (χ3n) is 3.46. The van der Waals surface area contributed by atoms with Gasteiger partial charge in [-0.3, -0.25) is 4.79 Å². The zero-order chi connectivity index (χ0) is 17.7. The van der Waals surface area contributed by atoms with E-state index in [0.717, 1.165) is 10.6 Å². The maximum Gasteiger partial charge on any atom is 0.256 e. The van der Waals surface area contributed by atoms with Gasteiger partial charge in [0, 0.05) is 13.6 Å². The van der Waals surface area contributed by atoms with E-state index in [1.54, 1.807) is 38.2 Å². The van der Waals surface area contributed by atoms with Gasteiger partial charge >= 0.3 is 0 Å². The van der Waals surface area contributed by atoms with E-state index >= 15 is 0 Å². The Morgan fingerprint density at radius 1 is 1.17 bits per heavy atom. The van der Waals surface area contributed by atoms with Crippen LogP contribution in [0, 0.1) is 6.92 Å². The van der Waals surface area contributed by atoms with E-state index in [1.807, 2.05) is 0 Å². The molecule has 0 unspecified atom stereocenters. The normalized spacial score (nSPS) is 11.3. The highest BCUT2D eigenvalue weighted by Gasteiger charge is 2.17. The SMILES string of the molecule is CNc1snc(C)c1C(=O)NCc1ccc(CS(=O)(=O)NC)cc1. The van der Waals surface area contributed by atoms with Crippen LogP contribution in [-0.4, -0.2) is 32.8 Å². The lowest BCUT2D eigenvalue weighted by atomic mass is 10.1. The number of carbonyl (C=O) groups is 1. The summed E-state index contributed by atoms with van der Waals surface area (Å²) in [6.07, 6.45) is 0. The summed E-state index contributed by atoms with van der Waals surface area (Å²) in [5.41, 5.74) is 2.82. The largest absolute Gasteiger partial charge is 0.378 e. The Labute approximate surface area is 145 Å². The molecule has 0 aliphatic carbocycles. The lowest BCUT2D eigenvalue weighted by molar-refractivity contribution is 0.0951. The van der Waals surface area contributed by atoms with Crippen LogP contribution in [0.15, 0.2) is 24.3 Å². The summed E-state index contributed by atoms with van der Waals surface area (Å²) in [5.74, 6) is -0.256. The number of hydrogen-bond donors (Lipinski definition) is 3. The first kappa shape index (κ1) is 18.4. The van der Waals surface area contributed by atoms with E-state index in [0.29, 0.717) is 23.4 Å². The summed E-state index contributed by atoms with van der Waals surface area (Å²) in [6.45, 7) is 2.15. The van der Waals surface area contributed by atoms with Gasteiger partial charge in [0.15, 0.2) is 0 Å². The van der Waals surface area contributed by atoms with Gasteiger partial charge in [-0.25, -0.2) is 13.1 Å². The number of nitrogens with zero attached hydrogens (tertiary/aromatic N) is 1. The molecule has 0 saturated carbocycles. The van der Waals surface area contributed by atoms with E-state index in [4.69, 9.17) is 0 Å². The van der Waals surface area contributed by atoms with Gasteiger partial charge in [0.1, 0.15) is 5.00 Å². The van der Waals surface area contributed by atoms with Crippen molar-refractivity contribution in [3.63, 3.8) is 0 Å². The second-order valence-corrected chi connectivity index (χ2v) is 7.88. The van der Waals surface area contributed by atoms with Crippen LogP contribution in [0.4, 0.5) is 5.00 Å². The topological polar surface area (TPSA) is 100 Å². The summed E-state index contributed by atoms with van der Waals surface area (Å²) in [4.78, 5) is 12.3. The van der Waals surface area contributed by atoms with Crippen LogP contribution in [0.25, 0.3) is 0 Å². The van der Waals surface area contributed by atoms with E-state index in [2.05, 4.69) is 19.7 Å². The number of hydrogen-bond acceptors (Lipinski definition) is 6. The van der Waals surface area contributed by atoms with Gasteiger partial charge < -0.3 is 10.6 Å². The first-order chi connectivity index (χ1) is 11.4. The standard InChI is InChI=1S/C15H20N4O3S2/c1-10-13(15(16-2)23-19-10)14(20)18-8-11-4-6-12(7-5-11)9-24(21,22)17-3/h4-7,16-17H,8-9H2,1-3H3,(H,18,20). The van der Waals surface area contributed by atoms with Crippen molar-refractivity contribution in [1.82, 2.24) is 14.4 Å². The van der Waals surface area contributed by atoms with Gasteiger partial charge in [-0.15, -0.1) is 0 Å². The number of amides is 1. The first-order valence-electron chi connectivity index (χ1n) is 7.27. The summed E-state index contributed by atoms with van der Waals surface area (Å²) in [5, 5.41) is 6.55. The van der Waals surface area contributed by atoms with Crippen LogP contribution < -0.4 is 15.4 Å². The molecule has 0 atom stereocenters. The van der Waals surface area contributed by atoms with Crippen molar-refractivity contribution in [2.45, 2.75) is 19.2 Å². The Bertz CT molecular complexity index is 814. The molecule has 0 saturated heterocycles. The number of aromatic nitrogens is 1. The molecule has 24 heavy (non-hydrogen) atoms. The maximum atomic E-state index is 12.3. The van der Waals surface area contributed by atoms with Gasteiger partial charge in [0.05, 0.1) is 17.0 Å². The minimum absolute atomic E-state index is 0.0680. The van der Waals surface area contributed by atoms with E-state index < -0.39 is 10.0 Å². The van der Waals surface area contributed by atoms with Gasteiger partial charge in [-0.05, 0) is 36.6 Å². The molecule has 7 nitrogen and oxygen atoms in total. The maximum absolute atomic E-state index is 12.3. The van der Waals surface area contributed by atoms with Crippen molar-refractivity contribution in [3.8, 4) is 0 Å². The Balaban J connectivity index is 1.99. The number of carbonyl (C=O) groups excluding carboxylic acids is 1. The zero-order valence-electron chi connectivity index (χ0n) is 13.7. The van der Waals surface area contributed by atoms with E-state index in [-0.39, 0.29) is 11.7 Å². The number of aryl methyl sites for hydroxylation is 1. The van der Waals surface area contributed by atoms with Crippen LogP contribution in [0.1, 0.15) is 27.2 Å². The van der Waals surface area contributed by atoms with Crippen LogP contribution in [-0.2, 0) is 22.3 Å². The van der Waals surface area contributed by atoms with Crippen molar-refractivity contribution < 1.29 is 13.2 Å². The van der Waals surface area contributed by atoms with Crippen molar-refractivity contribution in [2.75, 3.05) is 19.4 Å². The Morgan fingerprint density at radius 2 is 1.79 bits per heavy atom. The molecule has 1 aromatic carbocycles. The van der Waals surface area contributed by atoms with Crippen molar-refractivity contribution in [2.24, 2.45) is 0 Å². The molecule has 0 aliphatic rings. The summed E-state index contributed by atoms with van der Waals surface area (Å²) >= 11 is 1.25. The Morgan fingerprint density at radius 3 is 2.38 bits per heavy atom. The highest BCUT2D eigenvalue weighted by atomic mass is 32.2. The average Bonchev–Trinajstić information content (AvgIpc) is 2.94. The van der Waals surface area contributed by atoms with Crippen LogP contribution >= 0.6 is 11.5 Å². The molecule has 0 spiro atoms. The van der Waals surface area contributed by atoms with Gasteiger partial charge in [-0.2, -0.15) is 4.37 Å². The van der Waals surface area contributed by atoms with Gasteiger partial charge in [-0.1, -0.05) is 24.3 Å². The Hall–Kier alpha value is -1.97. The molecule has 1 heterocycles. The van der Waals surface area contributed by atoms with Crippen LogP contribution in [0.2, 0.25) is 0 Å². The first-order valence-corrected chi connectivity index (χ1v) is 9.70. The number of benzene rings is 1. The molecule has 0 aliphatic heterocycles. The van der Waals surface area contributed by atoms with Crippen molar-refractivity contribution in [1.29, 1.82) is 0 Å². The van der Waals surface area contributed by atoms with E-state index in [1.165, 1.54) is 18.6 Å². The lowest BCUT2D eigenvalue weighted by Crippen LogP contribution is -2.24. The summed E-state index contributed by atoms with van der Waals surface area (Å²) in [6, 6.07) is 7.09. The molecule has 1 amide bonds. The van der Waals surface area contributed by atoms with Crippen molar-refractivity contribution >= 4 is 32.5 Å². The molecule has 130 valence electrons. The fraction of sp³-hybridized carbons (Fsp3) is 0.333. The second-order valence-electron chi connectivity index (χ2n) is 5.18. The number of rotatable bonds is 7. The Kier molecular flexibility index (Phi) is 5.92. The fourth-order valence-electron chi connectivity index (χ4n) is 2.12. The lowest BCUT2D eigenvalue weighted by Gasteiger charge is -2.08. The molecule has 9 heteroatoms. The van der Waals surface area contributed by atoms with Gasteiger partial charge in [0.25, 0.3) is 5.91 Å². The average molecular weight is 368 g/mol. The minimum Gasteiger partial charge on any atom is -0.378 e. The third-order valence-corrected chi connectivity index (χ3v) is 5.75. The zero-order valence-corrected chi connectivity index (χ0v) is 15.3. The molecule has 2 rings (SSSR count). The third kappa shape index (κ3) is 4.53. The number of nitrogens with one attached hydrogen (secondary N) is 3. The van der Waals surface area contributed by atoms with E-state index in [9.17, 15) is 13.2 Å². The molecule has 3 N–H and O–H groups in total. The highest BCUT2D eigenvalue weighted by Crippen LogP contribution is 2.23. The smallest absolute Gasteiger partial charge is 0.256 e. The molecule has 1 aromatic heterocycles. The van der Waals surface area contributed by atoms with Crippen LogP contribution in [0.3, 0.4) is 0 Å². The second kappa shape index (κ2) is 7.73. The fourth-order valence-corrected chi connectivity index (χ4v) is 3.64. The number of anilines is 1. The minimum atomic E-state index is -3.29.